The van der Waals surface area contributed by atoms with Crippen LogP contribution in [0.1, 0.15) is 15.9 Å². The predicted molar refractivity (Wildman–Crippen MR) is 103 cm³/mol. The summed E-state index contributed by atoms with van der Waals surface area (Å²) in [5.74, 6) is -0.738. The molecule has 140 valence electrons. The van der Waals surface area contributed by atoms with E-state index in [0.29, 0.717) is 11.1 Å². The number of aromatic nitrogens is 1. The summed E-state index contributed by atoms with van der Waals surface area (Å²) in [6.07, 6.45) is 1.66. The van der Waals surface area contributed by atoms with Crippen LogP contribution in [0.2, 0.25) is 0 Å². The summed E-state index contributed by atoms with van der Waals surface area (Å²) < 4.78 is 40.0. The first-order valence-corrected chi connectivity index (χ1v) is 10.4. The Hall–Kier alpha value is -2.71. The van der Waals surface area contributed by atoms with Gasteiger partial charge in [0, 0.05) is 22.7 Å². The molecule has 0 saturated heterocycles. The van der Waals surface area contributed by atoms with Gasteiger partial charge in [-0.3, -0.25) is 0 Å². The summed E-state index contributed by atoms with van der Waals surface area (Å²) in [6.45, 7) is 0. The van der Waals surface area contributed by atoms with Crippen molar-refractivity contribution >= 4 is 27.3 Å². The minimum atomic E-state index is -3.64. The van der Waals surface area contributed by atoms with Crippen LogP contribution in [0.4, 0.5) is 0 Å². The number of carbonyl (C=O) groups excluding carboxylic acids is 1. The van der Waals surface area contributed by atoms with Crippen molar-refractivity contribution in [3.05, 3.63) is 65.2 Å². The van der Waals surface area contributed by atoms with Crippen LogP contribution in [-0.2, 0) is 20.3 Å². The minimum absolute atomic E-state index is 0.100. The van der Waals surface area contributed by atoms with E-state index >= 15 is 0 Å². The highest BCUT2D eigenvalue weighted by atomic mass is 32.2. The minimum Gasteiger partial charge on any atom is -0.495 e. The van der Waals surface area contributed by atoms with Gasteiger partial charge in [0.1, 0.15) is 11.3 Å². The van der Waals surface area contributed by atoms with Gasteiger partial charge >= 0.3 is 5.97 Å². The first-order chi connectivity index (χ1) is 13.0. The van der Waals surface area contributed by atoms with Gasteiger partial charge in [0.15, 0.2) is 9.84 Å². The Kier molecular flexibility index (Phi) is 5.57. The van der Waals surface area contributed by atoms with Crippen LogP contribution in [-0.4, -0.2) is 33.0 Å². The van der Waals surface area contributed by atoms with Gasteiger partial charge in [0.05, 0.1) is 24.9 Å². The molecule has 0 saturated carbocycles. The van der Waals surface area contributed by atoms with E-state index in [0.717, 1.165) is 5.56 Å². The molecule has 2 aromatic carbocycles. The van der Waals surface area contributed by atoms with E-state index in [1.54, 1.807) is 36.5 Å². The second kappa shape index (κ2) is 7.89. The van der Waals surface area contributed by atoms with E-state index in [-0.39, 0.29) is 22.0 Å². The van der Waals surface area contributed by atoms with Crippen LogP contribution >= 0.6 is 11.5 Å². The number of methoxy groups -OCH3 is 2. The molecule has 0 aliphatic carbocycles. The molecule has 0 fully saturated rings. The number of ether oxygens (including phenoxy) is 2. The standard InChI is InChI=1S/C19H17NO5S2/c1-24-18-16(14-10-20-26-11-14)9-8-13(17(18)19(21)25-2)12-27(22,23)15-6-4-3-5-7-15/h3-11H,12H2,1-2H3. The molecule has 3 aromatic rings. The van der Waals surface area contributed by atoms with E-state index in [9.17, 15) is 13.2 Å². The lowest BCUT2D eigenvalue weighted by molar-refractivity contribution is 0.0596. The maximum atomic E-state index is 12.8. The highest BCUT2D eigenvalue weighted by Crippen LogP contribution is 2.37. The van der Waals surface area contributed by atoms with Crippen molar-refractivity contribution in [2.45, 2.75) is 10.6 Å². The lowest BCUT2D eigenvalue weighted by atomic mass is 10.00. The first-order valence-electron chi connectivity index (χ1n) is 7.93. The van der Waals surface area contributed by atoms with Gasteiger partial charge in [0.2, 0.25) is 0 Å². The Bertz CT molecular complexity index is 1050. The average Bonchev–Trinajstić information content (AvgIpc) is 3.22. The van der Waals surface area contributed by atoms with E-state index in [1.807, 2.05) is 5.38 Å². The van der Waals surface area contributed by atoms with Gasteiger partial charge in [-0.05, 0) is 29.2 Å². The number of hydrogen-bond acceptors (Lipinski definition) is 7. The van der Waals surface area contributed by atoms with Crippen LogP contribution < -0.4 is 4.74 Å². The van der Waals surface area contributed by atoms with Gasteiger partial charge in [-0.2, -0.15) is 0 Å². The molecule has 0 bridgehead atoms. The van der Waals surface area contributed by atoms with Crippen molar-refractivity contribution in [2.24, 2.45) is 0 Å². The van der Waals surface area contributed by atoms with E-state index in [2.05, 4.69) is 4.37 Å². The fraction of sp³-hybridized carbons (Fsp3) is 0.158. The van der Waals surface area contributed by atoms with Gasteiger partial charge in [0.25, 0.3) is 0 Å². The fourth-order valence-electron chi connectivity index (χ4n) is 2.76. The predicted octanol–water partition coefficient (Wildman–Crippen LogP) is 3.58. The zero-order valence-electron chi connectivity index (χ0n) is 14.7. The smallest absolute Gasteiger partial charge is 0.341 e. The van der Waals surface area contributed by atoms with Crippen LogP contribution in [0.25, 0.3) is 11.1 Å². The van der Waals surface area contributed by atoms with Crippen molar-refractivity contribution in [2.75, 3.05) is 14.2 Å². The molecule has 1 aromatic heterocycles. The lowest BCUT2D eigenvalue weighted by Crippen LogP contribution is -2.13. The summed E-state index contributed by atoms with van der Waals surface area (Å²) in [4.78, 5) is 12.6. The van der Waals surface area contributed by atoms with Crippen molar-refractivity contribution in [3.8, 4) is 16.9 Å². The van der Waals surface area contributed by atoms with Gasteiger partial charge < -0.3 is 9.47 Å². The van der Waals surface area contributed by atoms with E-state index in [1.165, 1.54) is 37.9 Å². The number of esters is 1. The third-order valence-electron chi connectivity index (χ3n) is 4.03. The Morgan fingerprint density at radius 2 is 1.85 bits per heavy atom. The molecule has 0 unspecified atom stereocenters. The van der Waals surface area contributed by atoms with Gasteiger partial charge in [-0.15, -0.1) is 0 Å². The third-order valence-corrected chi connectivity index (χ3v) is 6.30. The second-order valence-corrected chi connectivity index (χ2v) is 8.30. The van der Waals surface area contributed by atoms with Crippen molar-refractivity contribution < 1.29 is 22.7 Å². The van der Waals surface area contributed by atoms with Gasteiger partial charge in [-0.25, -0.2) is 17.6 Å². The molecule has 0 N–H and O–H groups in total. The normalized spacial score (nSPS) is 11.2. The Balaban J connectivity index is 2.14. The Morgan fingerprint density at radius 1 is 1.11 bits per heavy atom. The molecular formula is C19H17NO5S2. The highest BCUT2D eigenvalue weighted by molar-refractivity contribution is 7.90. The third kappa shape index (κ3) is 3.86. The molecule has 0 spiro atoms. The summed E-state index contributed by atoms with van der Waals surface area (Å²) >= 11 is 1.27. The number of nitrogens with zero attached hydrogens (tertiary/aromatic N) is 1. The number of sulfone groups is 1. The molecule has 0 radical (unpaired) electrons. The molecule has 0 aliphatic heterocycles. The highest BCUT2D eigenvalue weighted by Gasteiger charge is 2.26. The molecule has 3 rings (SSSR count). The lowest BCUT2D eigenvalue weighted by Gasteiger charge is -2.16. The first kappa shape index (κ1) is 19.1. The largest absolute Gasteiger partial charge is 0.495 e. The van der Waals surface area contributed by atoms with Crippen molar-refractivity contribution in [1.29, 1.82) is 0 Å². The molecular weight excluding hydrogens is 386 g/mol. The Morgan fingerprint density at radius 3 is 2.44 bits per heavy atom. The maximum Gasteiger partial charge on any atom is 0.341 e. The monoisotopic (exact) mass is 403 g/mol. The fourth-order valence-corrected chi connectivity index (χ4v) is 4.69. The molecule has 8 heteroatoms. The van der Waals surface area contributed by atoms with Crippen LogP contribution in [0.5, 0.6) is 5.75 Å². The molecule has 1 heterocycles. The quantitative estimate of drug-likeness (QED) is 0.585. The molecule has 6 nitrogen and oxygen atoms in total. The zero-order valence-corrected chi connectivity index (χ0v) is 16.3. The summed E-state index contributed by atoms with van der Waals surface area (Å²) in [5, 5.41) is 1.82. The van der Waals surface area contributed by atoms with Crippen molar-refractivity contribution in [3.63, 3.8) is 0 Å². The zero-order chi connectivity index (χ0) is 19.4. The number of carbonyl (C=O) groups is 1. The van der Waals surface area contributed by atoms with Crippen LogP contribution in [0, 0.1) is 0 Å². The number of benzene rings is 2. The van der Waals surface area contributed by atoms with Crippen molar-refractivity contribution in [1.82, 2.24) is 4.37 Å². The molecule has 0 atom stereocenters. The average molecular weight is 403 g/mol. The summed E-state index contributed by atoms with van der Waals surface area (Å²) in [5.41, 5.74) is 1.84. The number of hydrogen-bond donors (Lipinski definition) is 0. The second-order valence-electron chi connectivity index (χ2n) is 5.66. The molecule has 0 amide bonds. The molecule has 27 heavy (non-hydrogen) atoms. The number of rotatable bonds is 6. The molecule has 0 aliphatic rings. The Labute approximate surface area is 161 Å². The van der Waals surface area contributed by atoms with E-state index in [4.69, 9.17) is 9.47 Å². The SMILES string of the molecule is COC(=O)c1c(CS(=O)(=O)c2ccccc2)ccc(-c2cnsc2)c1OC. The van der Waals surface area contributed by atoms with Crippen LogP contribution in [0.15, 0.2) is 58.9 Å². The topological polar surface area (TPSA) is 82.6 Å². The summed E-state index contributed by atoms with van der Waals surface area (Å²) in [6, 6.07) is 11.4. The van der Waals surface area contributed by atoms with Crippen LogP contribution in [0.3, 0.4) is 0 Å². The van der Waals surface area contributed by atoms with Gasteiger partial charge in [-0.1, -0.05) is 30.3 Å². The maximum absolute atomic E-state index is 12.8. The summed E-state index contributed by atoms with van der Waals surface area (Å²) in [7, 11) is -0.966. The van der Waals surface area contributed by atoms with E-state index < -0.39 is 15.8 Å².